The fraction of sp³-hybridized carbons (Fsp3) is 0.0952. The van der Waals surface area contributed by atoms with Gasteiger partial charge in [0.05, 0.1) is 16.6 Å². The molecule has 0 aliphatic carbocycles. The van der Waals surface area contributed by atoms with E-state index in [1.54, 1.807) is 30.3 Å². The lowest BCUT2D eigenvalue weighted by Crippen LogP contribution is -2.12. The maximum atomic E-state index is 12.4. The minimum Gasteiger partial charge on any atom is -0.470 e. The molecule has 0 spiro atoms. The van der Waals surface area contributed by atoms with Crippen LogP contribution in [-0.4, -0.2) is 20.9 Å². The van der Waals surface area contributed by atoms with Crippen molar-refractivity contribution in [1.82, 2.24) is 15.0 Å². The Bertz CT molecular complexity index is 1160. The number of anilines is 1. The molecule has 2 aromatic carbocycles. The Morgan fingerprint density at radius 2 is 1.82 bits per heavy atom. The molecular formula is C21H18N4O3. The first-order valence-corrected chi connectivity index (χ1v) is 8.79. The molecule has 0 aliphatic rings. The monoisotopic (exact) mass is 374 g/mol. The van der Waals surface area contributed by atoms with E-state index in [9.17, 15) is 9.59 Å². The molecule has 0 saturated heterocycles. The van der Waals surface area contributed by atoms with Crippen molar-refractivity contribution in [2.24, 2.45) is 0 Å². The van der Waals surface area contributed by atoms with E-state index in [-0.39, 0.29) is 17.7 Å². The smallest absolute Gasteiger partial charge is 0.323 e. The molecule has 1 amide bonds. The highest BCUT2D eigenvalue weighted by Crippen LogP contribution is 2.20. The SMILES string of the molecule is C[C@@H](Oc1ccc(C(=O)Nc2ccc3[nH]c(=O)[nH]c3c2)cn1)c1ccccc1. The molecule has 3 N–H and O–H groups in total. The number of rotatable bonds is 5. The third kappa shape index (κ3) is 3.78. The summed E-state index contributed by atoms with van der Waals surface area (Å²) in [5.41, 5.74) is 3.04. The number of amides is 1. The topological polar surface area (TPSA) is 99.9 Å². The van der Waals surface area contributed by atoms with Crippen molar-refractivity contribution >= 4 is 22.6 Å². The van der Waals surface area contributed by atoms with E-state index in [1.807, 2.05) is 37.3 Å². The molecule has 2 aromatic heterocycles. The van der Waals surface area contributed by atoms with Gasteiger partial charge in [0.2, 0.25) is 5.88 Å². The molecule has 28 heavy (non-hydrogen) atoms. The van der Waals surface area contributed by atoms with Crippen molar-refractivity contribution in [3.63, 3.8) is 0 Å². The number of H-pyrrole nitrogens is 2. The van der Waals surface area contributed by atoms with Crippen LogP contribution in [0.1, 0.15) is 28.9 Å². The van der Waals surface area contributed by atoms with Gasteiger partial charge in [-0.25, -0.2) is 9.78 Å². The largest absolute Gasteiger partial charge is 0.470 e. The number of aromatic amines is 2. The molecule has 0 fully saturated rings. The number of pyridine rings is 1. The second kappa shape index (κ2) is 7.40. The number of nitrogens with zero attached hydrogens (tertiary/aromatic N) is 1. The highest BCUT2D eigenvalue weighted by atomic mass is 16.5. The van der Waals surface area contributed by atoms with Gasteiger partial charge in [-0.2, -0.15) is 0 Å². The maximum absolute atomic E-state index is 12.4. The Kier molecular flexibility index (Phi) is 4.63. The lowest BCUT2D eigenvalue weighted by molar-refractivity contribution is 0.102. The predicted molar refractivity (Wildman–Crippen MR) is 107 cm³/mol. The number of imidazole rings is 1. The number of benzene rings is 2. The van der Waals surface area contributed by atoms with Crippen molar-refractivity contribution in [3.05, 3.63) is 88.5 Å². The average molecular weight is 374 g/mol. The van der Waals surface area contributed by atoms with Crippen LogP contribution < -0.4 is 15.7 Å². The summed E-state index contributed by atoms with van der Waals surface area (Å²) >= 11 is 0. The van der Waals surface area contributed by atoms with Crippen LogP contribution in [0.2, 0.25) is 0 Å². The number of ether oxygens (including phenoxy) is 1. The van der Waals surface area contributed by atoms with E-state index >= 15 is 0 Å². The van der Waals surface area contributed by atoms with E-state index in [4.69, 9.17) is 4.74 Å². The summed E-state index contributed by atoms with van der Waals surface area (Å²) in [6, 6.07) is 18.3. The number of aromatic nitrogens is 3. The van der Waals surface area contributed by atoms with Crippen LogP contribution in [0.3, 0.4) is 0 Å². The van der Waals surface area contributed by atoms with Crippen LogP contribution in [-0.2, 0) is 0 Å². The summed E-state index contributed by atoms with van der Waals surface area (Å²) in [4.78, 5) is 33.3. The Morgan fingerprint density at radius 3 is 2.57 bits per heavy atom. The Balaban J connectivity index is 1.43. The molecule has 1 atom stereocenters. The third-order valence-corrected chi connectivity index (χ3v) is 4.34. The van der Waals surface area contributed by atoms with Crippen molar-refractivity contribution in [2.45, 2.75) is 13.0 Å². The summed E-state index contributed by atoms with van der Waals surface area (Å²) in [6.45, 7) is 1.94. The number of hydrogen-bond donors (Lipinski definition) is 3. The fourth-order valence-electron chi connectivity index (χ4n) is 2.87. The van der Waals surface area contributed by atoms with Crippen molar-refractivity contribution < 1.29 is 9.53 Å². The van der Waals surface area contributed by atoms with Gasteiger partial charge < -0.3 is 20.0 Å². The molecule has 0 unspecified atom stereocenters. The minimum atomic E-state index is -0.299. The molecule has 4 rings (SSSR count). The second-order valence-electron chi connectivity index (χ2n) is 6.35. The van der Waals surface area contributed by atoms with E-state index in [2.05, 4.69) is 20.3 Å². The van der Waals surface area contributed by atoms with E-state index in [1.165, 1.54) is 6.20 Å². The zero-order valence-corrected chi connectivity index (χ0v) is 15.1. The normalized spacial score (nSPS) is 11.9. The molecule has 4 aromatic rings. The van der Waals surface area contributed by atoms with Crippen molar-refractivity contribution in [3.8, 4) is 5.88 Å². The predicted octanol–water partition coefficient (Wildman–Crippen LogP) is 3.64. The summed E-state index contributed by atoms with van der Waals surface area (Å²) in [6.07, 6.45) is 1.32. The molecule has 7 nitrogen and oxygen atoms in total. The molecule has 0 bridgehead atoms. The molecule has 2 heterocycles. The van der Waals surface area contributed by atoms with Crippen LogP contribution in [0.15, 0.2) is 71.7 Å². The maximum Gasteiger partial charge on any atom is 0.323 e. The summed E-state index contributed by atoms with van der Waals surface area (Å²) < 4.78 is 5.82. The zero-order valence-electron chi connectivity index (χ0n) is 15.1. The number of nitrogens with one attached hydrogen (secondary N) is 3. The summed E-state index contributed by atoms with van der Waals surface area (Å²) in [5.74, 6) is 0.145. The molecule has 140 valence electrons. The number of hydrogen-bond acceptors (Lipinski definition) is 4. The van der Waals surface area contributed by atoms with E-state index in [0.717, 1.165) is 5.56 Å². The second-order valence-corrected chi connectivity index (χ2v) is 6.35. The van der Waals surface area contributed by atoms with Gasteiger partial charge in [0.25, 0.3) is 5.91 Å². The molecule has 7 heteroatoms. The lowest BCUT2D eigenvalue weighted by Gasteiger charge is -2.14. The number of carbonyl (C=O) groups is 1. The average Bonchev–Trinajstić information content (AvgIpc) is 3.08. The summed E-state index contributed by atoms with van der Waals surface area (Å²) in [7, 11) is 0. The standard InChI is InChI=1S/C21H18N4O3/c1-13(14-5-3-2-4-6-14)28-19-10-7-15(12-22-19)20(26)23-16-8-9-17-18(11-16)25-21(27)24-17/h2-13H,1H3,(H,23,26)(H2,24,25,27)/t13-/m1/s1. The van der Waals surface area contributed by atoms with Crippen LogP contribution in [0.5, 0.6) is 5.88 Å². The highest BCUT2D eigenvalue weighted by Gasteiger charge is 2.11. The number of fused-ring (bicyclic) bond motifs is 1. The fourth-order valence-corrected chi connectivity index (χ4v) is 2.87. The minimum absolute atomic E-state index is 0.149. The zero-order chi connectivity index (χ0) is 19.5. The van der Waals surface area contributed by atoms with E-state index < -0.39 is 0 Å². The van der Waals surface area contributed by atoms with Crippen molar-refractivity contribution in [2.75, 3.05) is 5.32 Å². The van der Waals surface area contributed by atoms with E-state index in [0.29, 0.717) is 28.2 Å². The molecule has 0 saturated carbocycles. The van der Waals surface area contributed by atoms with Crippen LogP contribution in [0.25, 0.3) is 11.0 Å². The van der Waals surface area contributed by atoms with Crippen LogP contribution in [0.4, 0.5) is 5.69 Å². The first kappa shape index (κ1) is 17.5. The quantitative estimate of drug-likeness (QED) is 0.496. The van der Waals surface area contributed by atoms with Crippen molar-refractivity contribution in [1.29, 1.82) is 0 Å². The van der Waals surface area contributed by atoms with Gasteiger partial charge in [-0.05, 0) is 36.8 Å². The first-order valence-electron chi connectivity index (χ1n) is 8.79. The van der Waals surface area contributed by atoms with Gasteiger partial charge in [-0.1, -0.05) is 30.3 Å². The molecule has 0 radical (unpaired) electrons. The van der Waals surface area contributed by atoms with Gasteiger partial charge in [-0.3, -0.25) is 4.79 Å². The third-order valence-electron chi connectivity index (χ3n) is 4.34. The number of carbonyl (C=O) groups excluding carboxylic acids is 1. The Labute approximate surface area is 160 Å². The van der Waals surface area contributed by atoms with Gasteiger partial charge in [0.15, 0.2) is 0 Å². The van der Waals surface area contributed by atoms with Gasteiger partial charge in [0.1, 0.15) is 6.10 Å². The van der Waals surface area contributed by atoms with Gasteiger partial charge in [-0.15, -0.1) is 0 Å². The Hall–Kier alpha value is -3.87. The summed E-state index contributed by atoms with van der Waals surface area (Å²) in [5, 5.41) is 2.79. The highest BCUT2D eigenvalue weighted by molar-refractivity contribution is 6.04. The van der Waals surface area contributed by atoms with Crippen LogP contribution >= 0.6 is 0 Å². The molecular weight excluding hydrogens is 356 g/mol. The molecule has 0 aliphatic heterocycles. The van der Waals surface area contributed by atoms with Gasteiger partial charge in [0, 0.05) is 18.0 Å². The lowest BCUT2D eigenvalue weighted by atomic mass is 10.1. The Morgan fingerprint density at radius 1 is 1.04 bits per heavy atom. The first-order chi connectivity index (χ1) is 13.6. The van der Waals surface area contributed by atoms with Gasteiger partial charge >= 0.3 is 5.69 Å². The van der Waals surface area contributed by atoms with Crippen LogP contribution in [0, 0.1) is 0 Å².